The van der Waals surface area contributed by atoms with Crippen molar-refractivity contribution in [1.82, 2.24) is 10.7 Å². The minimum atomic E-state index is -0.905. The number of benzene rings is 3. The highest BCUT2D eigenvalue weighted by atomic mass is 16.5. The molecule has 0 spiro atoms. The lowest BCUT2D eigenvalue weighted by atomic mass is 9.92. The fourth-order valence-electron chi connectivity index (χ4n) is 3.97. The van der Waals surface area contributed by atoms with Crippen LogP contribution in [0.25, 0.3) is 11.1 Å². The molecule has 1 aliphatic rings. The Morgan fingerprint density at radius 1 is 0.971 bits per heavy atom. The van der Waals surface area contributed by atoms with E-state index in [0.29, 0.717) is 17.2 Å². The van der Waals surface area contributed by atoms with E-state index in [-0.39, 0.29) is 12.5 Å². The highest BCUT2D eigenvalue weighted by Crippen LogP contribution is 2.39. The number of carbonyl (C=O) groups excluding carboxylic acids is 3. The average Bonchev–Trinajstić information content (AvgIpc) is 2.97. The Balaban J connectivity index is 1.45. The van der Waals surface area contributed by atoms with Crippen LogP contribution in [0.1, 0.15) is 25.3 Å². The molecule has 0 radical (unpaired) electrons. The predicted octanol–water partition coefficient (Wildman–Crippen LogP) is 3.43. The van der Waals surface area contributed by atoms with Gasteiger partial charge in [-0.3, -0.25) is 19.8 Å². The summed E-state index contributed by atoms with van der Waals surface area (Å²) in [5, 5.41) is 3.88. The van der Waals surface area contributed by atoms with Gasteiger partial charge in [-0.1, -0.05) is 48.5 Å². The van der Waals surface area contributed by atoms with Crippen molar-refractivity contribution in [3.05, 3.63) is 78.4 Å². The fourth-order valence-corrected chi connectivity index (χ4v) is 3.97. The Labute approximate surface area is 203 Å². The van der Waals surface area contributed by atoms with Gasteiger partial charge >= 0.3 is 0 Å². The van der Waals surface area contributed by atoms with Crippen LogP contribution in [0.3, 0.4) is 0 Å². The maximum Gasteiger partial charge on any atom is 0.261 e. The summed E-state index contributed by atoms with van der Waals surface area (Å²) in [6.45, 7) is 3.08. The molecule has 8 heteroatoms. The number of hydrogen-bond acceptors (Lipinski definition) is 5. The minimum Gasteiger partial charge on any atom is -0.497 e. The summed E-state index contributed by atoms with van der Waals surface area (Å²) in [6.07, 6.45) is 0. The van der Waals surface area contributed by atoms with E-state index >= 15 is 0 Å². The molecule has 1 unspecified atom stereocenters. The van der Waals surface area contributed by atoms with Crippen LogP contribution in [0.2, 0.25) is 0 Å². The first-order valence-electron chi connectivity index (χ1n) is 11.3. The third kappa shape index (κ3) is 5.11. The first-order chi connectivity index (χ1) is 16.9. The number of para-hydroxylation sites is 1. The smallest absolute Gasteiger partial charge is 0.261 e. The first-order valence-corrected chi connectivity index (χ1v) is 11.3. The molecule has 0 saturated carbocycles. The zero-order valence-corrected chi connectivity index (χ0v) is 19.8. The average molecular weight is 474 g/mol. The Bertz CT molecular complexity index is 1260. The summed E-state index contributed by atoms with van der Waals surface area (Å²) in [7, 11) is 1.54. The van der Waals surface area contributed by atoms with Crippen LogP contribution < -0.4 is 25.2 Å². The highest BCUT2D eigenvalue weighted by molar-refractivity contribution is 6.06. The van der Waals surface area contributed by atoms with Gasteiger partial charge in [-0.05, 0) is 43.2 Å². The lowest BCUT2D eigenvalue weighted by Crippen LogP contribution is -2.54. The standard InChI is InChI=1S/C27H27N3O5/c1-17-21-11-4-5-12-22(21)23-13-6-7-14-24(23)30(27(17)33)29-26(32)18(2)28-25(31)16-35-20-10-8-9-19(15-20)34-3/h4-15,17-18H,16H2,1-3H3,(H,28,31)(H,29,32)/t17?,18-/m0/s1. The topological polar surface area (TPSA) is 97.0 Å². The predicted molar refractivity (Wildman–Crippen MR) is 132 cm³/mol. The molecule has 1 heterocycles. The van der Waals surface area contributed by atoms with Crippen LogP contribution >= 0.6 is 0 Å². The van der Waals surface area contributed by atoms with Crippen LogP contribution in [0.5, 0.6) is 11.5 Å². The first kappa shape index (κ1) is 23.8. The Morgan fingerprint density at radius 3 is 2.43 bits per heavy atom. The molecule has 0 saturated heterocycles. The van der Waals surface area contributed by atoms with E-state index in [1.54, 1.807) is 44.4 Å². The largest absolute Gasteiger partial charge is 0.497 e. The number of methoxy groups -OCH3 is 1. The number of nitrogens with one attached hydrogen (secondary N) is 2. The molecule has 3 amide bonds. The fraction of sp³-hybridized carbons (Fsp3) is 0.222. The van der Waals surface area contributed by atoms with Gasteiger partial charge in [0, 0.05) is 11.6 Å². The van der Waals surface area contributed by atoms with Gasteiger partial charge in [-0.15, -0.1) is 0 Å². The summed E-state index contributed by atoms with van der Waals surface area (Å²) in [5.41, 5.74) is 5.93. The molecule has 4 rings (SSSR count). The SMILES string of the molecule is COc1cccc(OCC(=O)N[C@@H](C)C(=O)NN2C(=O)C(C)c3ccccc3-c3ccccc32)c1. The zero-order chi connectivity index (χ0) is 24.9. The molecule has 1 aliphatic heterocycles. The van der Waals surface area contributed by atoms with Crippen LogP contribution in [0.4, 0.5) is 5.69 Å². The Kier molecular flexibility index (Phi) is 7.01. The number of hydrogen-bond donors (Lipinski definition) is 2. The van der Waals surface area contributed by atoms with Crippen LogP contribution in [0.15, 0.2) is 72.8 Å². The molecule has 2 atom stereocenters. The van der Waals surface area contributed by atoms with E-state index in [0.717, 1.165) is 16.7 Å². The summed E-state index contributed by atoms with van der Waals surface area (Å²) < 4.78 is 10.6. The lowest BCUT2D eigenvalue weighted by Gasteiger charge is -2.27. The molecular weight excluding hydrogens is 446 g/mol. The monoisotopic (exact) mass is 473 g/mol. The van der Waals surface area contributed by atoms with Gasteiger partial charge in [0.15, 0.2) is 6.61 Å². The molecule has 0 fully saturated rings. The minimum absolute atomic E-state index is 0.268. The molecule has 35 heavy (non-hydrogen) atoms. The number of hydrazine groups is 1. The van der Waals surface area contributed by atoms with Crippen molar-refractivity contribution in [2.75, 3.05) is 18.7 Å². The van der Waals surface area contributed by atoms with Crippen molar-refractivity contribution >= 4 is 23.4 Å². The highest BCUT2D eigenvalue weighted by Gasteiger charge is 2.33. The number of anilines is 1. The van der Waals surface area contributed by atoms with Crippen LogP contribution in [-0.4, -0.2) is 37.5 Å². The van der Waals surface area contributed by atoms with Crippen molar-refractivity contribution in [1.29, 1.82) is 0 Å². The summed E-state index contributed by atoms with van der Waals surface area (Å²) in [4.78, 5) is 38.7. The van der Waals surface area contributed by atoms with E-state index in [1.807, 2.05) is 49.4 Å². The van der Waals surface area contributed by atoms with Gasteiger partial charge < -0.3 is 14.8 Å². The van der Waals surface area contributed by atoms with E-state index < -0.39 is 23.8 Å². The number of ether oxygens (including phenoxy) is 2. The summed E-state index contributed by atoms with van der Waals surface area (Å²) >= 11 is 0. The lowest BCUT2D eigenvalue weighted by molar-refractivity contribution is -0.131. The van der Waals surface area contributed by atoms with E-state index in [9.17, 15) is 14.4 Å². The molecule has 0 bridgehead atoms. The van der Waals surface area contributed by atoms with Crippen molar-refractivity contribution < 1.29 is 23.9 Å². The van der Waals surface area contributed by atoms with Gasteiger partial charge in [-0.25, -0.2) is 5.01 Å². The van der Waals surface area contributed by atoms with E-state index in [1.165, 1.54) is 5.01 Å². The van der Waals surface area contributed by atoms with Crippen LogP contribution in [-0.2, 0) is 14.4 Å². The normalized spacial score (nSPS) is 15.2. The summed E-state index contributed by atoms with van der Waals surface area (Å²) in [6, 6.07) is 21.1. The maximum absolute atomic E-state index is 13.4. The van der Waals surface area contributed by atoms with Crippen molar-refractivity contribution in [2.45, 2.75) is 25.8 Å². The number of rotatable bonds is 7. The number of nitrogens with zero attached hydrogens (tertiary/aromatic N) is 1. The quantitative estimate of drug-likeness (QED) is 0.548. The second-order valence-corrected chi connectivity index (χ2v) is 8.23. The Hall–Kier alpha value is -4.33. The second kappa shape index (κ2) is 10.3. The molecule has 0 aliphatic carbocycles. The van der Waals surface area contributed by atoms with Gasteiger partial charge in [0.05, 0.1) is 18.7 Å². The number of amides is 3. The third-order valence-corrected chi connectivity index (χ3v) is 5.86. The van der Waals surface area contributed by atoms with Crippen molar-refractivity contribution in [3.63, 3.8) is 0 Å². The van der Waals surface area contributed by atoms with Gasteiger partial charge in [0.25, 0.3) is 17.7 Å². The molecule has 3 aromatic carbocycles. The molecular formula is C27H27N3O5. The number of carbonyl (C=O) groups is 3. The van der Waals surface area contributed by atoms with Crippen molar-refractivity contribution in [3.8, 4) is 22.6 Å². The van der Waals surface area contributed by atoms with E-state index in [2.05, 4.69) is 10.7 Å². The molecule has 180 valence electrons. The number of fused-ring (bicyclic) bond motifs is 3. The zero-order valence-electron chi connectivity index (χ0n) is 19.8. The molecule has 3 aromatic rings. The van der Waals surface area contributed by atoms with E-state index in [4.69, 9.17) is 9.47 Å². The van der Waals surface area contributed by atoms with Gasteiger partial charge in [0.2, 0.25) is 0 Å². The van der Waals surface area contributed by atoms with Gasteiger partial charge in [0.1, 0.15) is 17.5 Å². The molecule has 2 N–H and O–H groups in total. The molecule has 0 aromatic heterocycles. The van der Waals surface area contributed by atoms with Gasteiger partial charge in [-0.2, -0.15) is 0 Å². The van der Waals surface area contributed by atoms with Crippen molar-refractivity contribution in [2.24, 2.45) is 0 Å². The second-order valence-electron chi connectivity index (χ2n) is 8.23. The third-order valence-electron chi connectivity index (χ3n) is 5.86. The maximum atomic E-state index is 13.4. The summed E-state index contributed by atoms with van der Waals surface area (Å²) in [5.74, 6) is -0.665. The molecule has 8 nitrogen and oxygen atoms in total. The Morgan fingerprint density at radius 2 is 1.66 bits per heavy atom. The van der Waals surface area contributed by atoms with Crippen LogP contribution in [0, 0.1) is 0 Å².